The highest BCUT2D eigenvalue weighted by molar-refractivity contribution is 6.32. The summed E-state index contributed by atoms with van der Waals surface area (Å²) in [6.07, 6.45) is 4.62. The molecule has 1 aliphatic heterocycles. The van der Waals surface area contributed by atoms with Gasteiger partial charge >= 0.3 is 0 Å². The molecule has 0 unspecified atom stereocenters. The highest BCUT2D eigenvalue weighted by Crippen LogP contribution is 2.25. The fourth-order valence-electron chi connectivity index (χ4n) is 2.27. The molecule has 1 saturated heterocycles. The molecule has 3 rings (SSSR count). The maximum absolute atomic E-state index is 12.2. The number of halogens is 1. The Labute approximate surface area is 144 Å². The molecule has 126 valence electrons. The number of nitrogens with one attached hydrogen (secondary N) is 1. The van der Waals surface area contributed by atoms with Crippen LogP contribution in [0.4, 0.5) is 5.95 Å². The van der Waals surface area contributed by atoms with Crippen molar-refractivity contribution in [2.24, 2.45) is 0 Å². The smallest absolute Gasteiger partial charge is 0.259 e. The Morgan fingerprint density at radius 2 is 2.17 bits per heavy atom. The maximum Gasteiger partial charge on any atom is 0.259 e. The lowest BCUT2D eigenvalue weighted by atomic mass is 10.1. The molecule has 1 aliphatic rings. The highest BCUT2D eigenvalue weighted by atomic mass is 35.5. The molecule has 0 radical (unpaired) electrons. The predicted molar refractivity (Wildman–Crippen MR) is 88.4 cm³/mol. The number of aromatic nitrogens is 3. The lowest BCUT2D eigenvalue weighted by Gasteiger charge is -2.23. The lowest BCUT2D eigenvalue weighted by Crippen LogP contribution is -2.26. The van der Waals surface area contributed by atoms with Crippen molar-refractivity contribution in [3.05, 3.63) is 40.8 Å². The van der Waals surface area contributed by atoms with E-state index in [4.69, 9.17) is 21.1 Å². The quantitative estimate of drug-likeness (QED) is 0.914. The summed E-state index contributed by atoms with van der Waals surface area (Å²) in [7, 11) is 0. The second kappa shape index (κ2) is 7.55. The van der Waals surface area contributed by atoms with E-state index in [1.165, 1.54) is 12.3 Å². The van der Waals surface area contributed by atoms with E-state index < -0.39 is 0 Å². The molecular weight excluding hydrogens is 332 g/mol. The second-order valence-electron chi connectivity index (χ2n) is 5.42. The van der Waals surface area contributed by atoms with Crippen molar-refractivity contribution >= 4 is 23.5 Å². The summed E-state index contributed by atoms with van der Waals surface area (Å²) in [5.41, 5.74) is 1.07. The SMILES string of the molecule is Cc1ccnc(NC(=O)c2cnc(OC3CCOCC3)c(Cl)c2)n1. The van der Waals surface area contributed by atoms with Gasteiger partial charge in [0.15, 0.2) is 0 Å². The zero-order valence-electron chi connectivity index (χ0n) is 13.2. The van der Waals surface area contributed by atoms with Crippen LogP contribution in [0.5, 0.6) is 5.88 Å². The summed E-state index contributed by atoms with van der Waals surface area (Å²) in [4.78, 5) is 24.5. The van der Waals surface area contributed by atoms with E-state index in [1.54, 1.807) is 12.3 Å². The topological polar surface area (TPSA) is 86.2 Å². The van der Waals surface area contributed by atoms with Crippen LogP contribution in [0, 0.1) is 6.92 Å². The average molecular weight is 349 g/mol. The molecule has 0 aromatic carbocycles. The molecule has 0 aliphatic carbocycles. The number of aryl methyl sites for hydroxylation is 1. The van der Waals surface area contributed by atoms with E-state index in [9.17, 15) is 4.79 Å². The van der Waals surface area contributed by atoms with Crippen LogP contribution in [0.15, 0.2) is 24.5 Å². The fourth-order valence-corrected chi connectivity index (χ4v) is 2.48. The number of rotatable bonds is 4. The van der Waals surface area contributed by atoms with Crippen LogP contribution in [0.3, 0.4) is 0 Å². The lowest BCUT2D eigenvalue weighted by molar-refractivity contribution is 0.0238. The summed E-state index contributed by atoms with van der Waals surface area (Å²) >= 11 is 6.19. The van der Waals surface area contributed by atoms with Gasteiger partial charge in [0.25, 0.3) is 5.91 Å². The molecule has 0 atom stereocenters. The summed E-state index contributed by atoms with van der Waals surface area (Å²) < 4.78 is 11.1. The molecule has 2 aromatic heterocycles. The number of pyridine rings is 1. The van der Waals surface area contributed by atoms with Gasteiger partial charge in [-0.1, -0.05) is 11.6 Å². The van der Waals surface area contributed by atoms with Crippen LogP contribution >= 0.6 is 11.6 Å². The van der Waals surface area contributed by atoms with Crippen molar-refractivity contribution in [3.8, 4) is 5.88 Å². The third-order valence-electron chi connectivity index (χ3n) is 3.54. The number of hydrogen-bond donors (Lipinski definition) is 1. The number of carbonyl (C=O) groups excluding carboxylic acids is 1. The van der Waals surface area contributed by atoms with Crippen molar-refractivity contribution in [2.75, 3.05) is 18.5 Å². The number of amides is 1. The molecule has 2 aromatic rings. The Hall–Kier alpha value is -2.25. The molecule has 1 amide bonds. The van der Waals surface area contributed by atoms with Crippen molar-refractivity contribution < 1.29 is 14.3 Å². The summed E-state index contributed by atoms with van der Waals surface area (Å²) in [6.45, 7) is 3.15. The van der Waals surface area contributed by atoms with Gasteiger partial charge in [-0.25, -0.2) is 15.0 Å². The van der Waals surface area contributed by atoms with E-state index in [1.807, 2.05) is 6.92 Å². The van der Waals surface area contributed by atoms with E-state index in [0.29, 0.717) is 29.7 Å². The number of carbonyl (C=O) groups is 1. The summed E-state index contributed by atoms with van der Waals surface area (Å²) in [6, 6.07) is 3.27. The van der Waals surface area contributed by atoms with Gasteiger partial charge in [-0.2, -0.15) is 0 Å². The molecule has 7 nitrogen and oxygen atoms in total. The molecule has 3 heterocycles. The molecule has 8 heteroatoms. The van der Waals surface area contributed by atoms with Crippen LogP contribution in [0.2, 0.25) is 5.02 Å². The van der Waals surface area contributed by atoms with Crippen LogP contribution in [0.1, 0.15) is 28.9 Å². The first-order valence-corrected chi connectivity index (χ1v) is 8.00. The van der Waals surface area contributed by atoms with Crippen molar-refractivity contribution in [3.63, 3.8) is 0 Å². The fraction of sp³-hybridized carbons (Fsp3) is 0.375. The highest BCUT2D eigenvalue weighted by Gasteiger charge is 2.18. The van der Waals surface area contributed by atoms with Gasteiger partial charge in [0, 0.05) is 30.9 Å². The Kier molecular flexibility index (Phi) is 5.22. The third kappa shape index (κ3) is 4.18. The molecule has 1 fully saturated rings. The van der Waals surface area contributed by atoms with Crippen LogP contribution in [0.25, 0.3) is 0 Å². The largest absolute Gasteiger partial charge is 0.473 e. The van der Waals surface area contributed by atoms with E-state index in [0.717, 1.165) is 18.5 Å². The Morgan fingerprint density at radius 1 is 1.38 bits per heavy atom. The van der Waals surface area contributed by atoms with E-state index in [-0.39, 0.29) is 18.0 Å². The summed E-state index contributed by atoms with van der Waals surface area (Å²) in [5.74, 6) is 0.179. The Bertz CT molecular complexity index is 735. The first-order valence-electron chi connectivity index (χ1n) is 7.63. The molecule has 0 bridgehead atoms. The number of nitrogens with zero attached hydrogens (tertiary/aromatic N) is 3. The molecular formula is C16H17ClN4O3. The Morgan fingerprint density at radius 3 is 2.88 bits per heavy atom. The molecule has 0 spiro atoms. The van der Waals surface area contributed by atoms with Gasteiger partial charge < -0.3 is 9.47 Å². The predicted octanol–water partition coefficient (Wildman–Crippen LogP) is 2.64. The first kappa shape index (κ1) is 16.6. The Balaban J connectivity index is 1.68. The summed E-state index contributed by atoms with van der Waals surface area (Å²) in [5, 5.41) is 2.90. The minimum Gasteiger partial charge on any atom is -0.473 e. The van der Waals surface area contributed by atoms with Crippen LogP contribution in [-0.2, 0) is 4.74 Å². The van der Waals surface area contributed by atoms with Crippen molar-refractivity contribution in [1.82, 2.24) is 15.0 Å². The van der Waals surface area contributed by atoms with Gasteiger partial charge in [0.1, 0.15) is 11.1 Å². The number of anilines is 1. The van der Waals surface area contributed by atoms with Crippen molar-refractivity contribution in [1.29, 1.82) is 0 Å². The van der Waals surface area contributed by atoms with E-state index in [2.05, 4.69) is 20.3 Å². The average Bonchev–Trinajstić information content (AvgIpc) is 2.57. The van der Waals surface area contributed by atoms with Gasteiger partial charge in [-0.05, 0) is 19.1 Å². The monoisotopic (exact) mass is 348 g/mol. The zero-order valence-corrected chi connectivity index (χ0v) is 13.9. The maximum atomic E-state index is 12.2. The van der Waals surface area contributed by atoms with Gasteiger partial charge in [0.05, 0.1) is 18.8 Å². The third-order valence-corrected chi connectivity index (χ3v) is 3.81. The number of hydrogen-bond acceptors (Lipinski definition) is 6. The number of ether oxygens (including phenoxy) is 2. The standard InChI is InChI=1S/C16H17ClN4O3/c1-10-2-5-18-16(20-10)21-14(22)11-8-13(17)15(19-9-11)24-12-3-6-23-7-4-12/h2,5,8-9,12H,3-4,6-7H2,1H3,(H,18,20,21,22). The second-order valence-corrected chi connectivity index (χ2v) is 5.82. The van der Waals surface area contributed by atoms with Gasteiger partial charge in [-0.15, -0.1) is 0 Å². The van der Waals surface area contributed by atoms with Crippen LogP contribution in [-0.4, -0.2) is 40.2 Å². The normalized spacial score (nSPS) is 15.1. The van der Waals surface area contributed by atoms with Gasteiger partial charge in [-0.3, -0.25) is 10.1 Å². The molecule has 24 heavy (non-hydrogen) atoms. The zero-order chi connectivity index (χ0) is 16.9. The van der Waals surface area contributed by atoms with Gasteiger partial charge in [0.2, 0.25) is 11.8 Å². The molecule has 1 N–H and O–H groups in total. The molecule has 0 saturated carbocycles. The minimum absolute atomic E-state index is 0.0316. The first-order chi connectivity index (χ1) is 11.6. The van der Waals surface area contributed by atoms with E-state index >= 15 is 0 Å². The van der Waals surface area contributed by atoms with Crippen LogP contribution < -0.4 is 10.1 Å². The van der Waals surface area contributed by atoms with Crippen molar-refractivity contribution in [2.45, 2.75) is 25.9 Å². The minimum atomic E-state index is -0.382.